The van der Waals surface area contributed by atoms with Crippen LogP contribution in [0.25, 0.3) is 0 Å². The van der Waals surface area contributed by atoms with E-state index in [0.717, 1.165) is 18.4 Å². The summed E-state index contributed by atoms with van der Waals surface area (Å²) in [6, 6.07) is 11.9. The molecule has 0 radical (unpaired) electrons. The molecule has 0 aliphatic carbocycles. The topological polar surface area (TPSA) is 78.9 Å². The maximum atomic E-state index is 12.1. The largest absolute Gasteiger partial charge is 0.493 e. The number of rotatable bonds is 10. The van der Waals surface area contributed by atoms with E-state index in [0.29, 0.717) is 22.6 Å². The second kappa shape index (κ2) is 10.3. The molecule has 28 heavy (non-hydrogen) atoms. The molecule has 0 aliphatic rings. The molecular formula is C22H24O6. The molecule has 2 aromatic rings. The van der Waals surface area contributed by atoms with Gasteiger partial charge < -0.3 is 14.2 Å². The molecule has 2 aromatic carbocycles. The lowest BCUT2D eigenvalue weighted by Crippen LogP contribution is -2.19. The molecular weight excluding hydrogens is 360 g/mol. The summed E-state index contributed by atoms with van der Waals surface area (Å²) in [6.45, 7) is 2.81. The molecule has 0 unspecified atom stereocenters. The normalized spacial score (nSPS) is 10.2. The molecule has 6 nitrogen and oxygen atoms in total. The van der Waals surface area contributed by atoms with Gasteiger partial charge in [0.2, 0.25) is 0 Å². The van der Waals surface area contributed by atoms with Crippen molar-refractivity contribution in [2.75, 3.05) is 20.3 Å². The van der Waals surface area contributed by atoms with E-state index in [1.807, 2.05) is 12.1 Å². The van der Waals surface area contributed by atoms with Gasteiger partial charge >= 0.3 is 5.97 Å². The van der Waals surface area contributed by atoms with Crippen LogP contribution >= 0.6 is 0 Å². The van der Waals surface area contributed by atoms with Crippen molar-refractivity contribution in [1.82, 2.24) is 0 Å². The Kier molecular flexibility index (Phi) is 7.75. The summed E-state index contributed by atoms with van der Waals surface area (Å²) in [5, 5.41) is 0. The first-order chi connectivity index (χ1) is 13.4. The molecule has 0 bridgehead atoms. The molecule has 0 fully saturated rings. The van der Waals surface area contributed by atoms with Gasteiger partial charge in [-0.2, -0.15) is 0 Å². The molecule has 0 heterocycles. The molecule has 0 aromatic heterocycles. The van der Waals surface area contributed by atoms with Crippen LogP contribution in [0, 0.1) is 0 Å². The zero-order valence-corrected chi connectivity index (χ0v) is 16.3. The first kappa shape index (κ1) is 21.2. The summed E-state index contributed by atoms with van der Waals surface area (Å²) in [6.07, 6.45) is 1.99. The standard InChI is InChI=1S/C22H24O6/c1-4-5-16-6-8-17(9-7-16)19(24)13-28-22(25)14-27-20-11-10-18(15(2)23)12-21(20)26-3/h6-12H,4-5,13-14H2,1-3H3. The number of esters is 1. The molecule has 0 saturated carbocycles. The quantitative estimate of drug-likeness (QED) is 0.459. The van der Waals surface area contributed by atoms with Crippen molar-refractivity contribution in [3.8, 4) is 11.5 Å². The van der Waals surface area contributed by atoms with Gasteiger partial charge in [-0.15, -0.1) is 0 Å². The summed E-state index contributed by atoms with van der Waals surface area (Å²) in [4.78, 5) is 35.4. The molecule has 0 N–H and O–H groups in total. The zero-order valence-electron chi connectivity index (χ0n) is 16.3. The van der Waals surface area contributed by atoms with Crippen LogP contribution in [-0.2, 0) is 16.0 Å². The number of Topliss-reactive ketones (excluding diaryl/α,β-unsaturated/α-hetero) is 2. The third kappa shape index (κ3) is 5.94. The van der Waals surface area contributed by atoms with E-state index in [4.69, 9.17) is 14.2 Å². The van der Waals surface area contributed by atoms with Crippen molar-refractivity contribution < 1.29 is 28.6 Å². The third-order valence-electron chi connectivity index (χ3n) is 4.09. The SMILES string of the molecule is CCCc1ccc(C(=O)COC(=O)COc2ccc(C(C)=O)cc2OC)cc1. The number of ketones is 2. The maximum absolute atomic E-state index is 12.1. The molecule has 0 aliphatic heterocycles. The fraction of sp³-hybridized carbons (Fsp3) is 0.318. The Balaban J connectivity index is 1.85. The molecule has 0 saturated heterocycles. The van der Waals surface area contributed by atoms with E-state index in [-0.39, 0.29) is 24.8 Å². The second-order valence-corrected chi connectivity index (χ2v) is 6.24. The molecule has 0 atom stereocenters. The second-order valence-electron chi connectivity index (χ2n) is 6.24. The number of carbonyl (C=O) groups is 3. The van der Waals surface area contributed by atoms with E-state index < -0.39 is 5.97 Å². The van der Waals surface area contributed by atoms with Crippen LogP contribution in [-0.4, -0.2) is 37.9 Å². The molecule has 6 heteroatoms. The smallest absolute Gasteiger partial charge is 0.344 e. The number of carbonyl (C=O) groups excluding carboxylic acids is 3. The number of aryl methyl sites for hydroxylation is 1. The van der Waals surface area contributed by atoms with Crippen molar-refractivity contribution >= 4 is 17.5 Å². The summed E-state index contributed by atoms with van der Waals surface area (Å²) in [5.74, 6) is -0.412. The summed E-state index contributed by atoms with van der Waals surface area (Å²) in [7, 11) is 1.44. The monoisotopic (exact) mass is 384 g/mol. The lowest BCUT2D eigenvalue weighted by atomic mass is 10.1. The van der Waals surface area contributed by atoms with Crippen LogP contribution in [0.5, 0.6) is 11.5 Å². The lowest BCUT2D eigenvalue weighted by molar-refractivity contribution is -0.144. The molecule has 2 rings (SSSR count). The highest BCUT2D eigenvalue weighted by atomic mass is 16.6. The van der Waals surface area contributed by atoms with Crippen molar-refractivity contribution in [3.05, 3.63) is 59.2 Å². The van der Waals surface area contributed by atoms with E-state index >= 15 is 0 Å². The van der Waals surface area contributed by atoms with Crippen LogP contribution in [0.1, 0.15) is 46.5 Å². The Morgan fingerprint density at radius 2 is 1.57 bits per heavy atom. The Labute approximate surface area is 164 Å². The van der Waals surface area contributed by atoms with Crippen LogP contribution in [0.4, 0.5) is 0 Å². The van der Waals surface area contributed by atoms with Crippen LogP contribution in [0.3, 0.4) is 0 Å². The van der Waals surface area contributed by atoms with E-state index in [9.17, 15) is 14.4 Å². The highest BCUT2D eigenvalue weighted by molar-refractivity contribution is 5.98. The molecule has 148 valence electrons. The summed E-state index contributed by atoms with van der Waals surface area (Å²) in [5.41, 5.74) is 2.13. The number of hydrogen-bond donors (Lipinski definition) is 0. The van der Waals surface area contributed by atoms with E-state index in [1.165, 1.54) is 20.1 Å². The Morgan fingerprint density at radius 3 is 2.18 bits per heavy atom. The highest BCUT2D eigenvalue weighted by Gasteiger charge is 2.13. The third-order valence-corrected chi connectivity index (χ3v) is 4.09. The summed E-state index contributed by atoms with van der Waals surface area (Å²) >= 11 is 0. The minimum Gasteiger partial charge on any atom is -0.493 e. The van der Waals surface area contributed by atoms with Crippen LogP contribution in [0.15, 0.2) is 42.5 Å². The first-order valence-electron chi connectivity index (χ1n) is 9.04. The predicted octanol–water partition coefficient (Wildman–Crippen LogP) is 3.66. The fourth-order valence-corrected chi connectivity index (χ4v) is 2.56. The van der Waals surface area contributed by atoms with Crippen LogP contribution < -0.4 is 9.47 Å². The van der Waals surface area contributed by atoms with Gasteiger partial charge in [-0.25, -0.2) is 4.79 Å². The van der Waals surface area contributed by atoms with Crippen molar-refractivity contribution in [2.24, 2.45) is 0 Å². The zero-order chi connectivity index (χ0) is 20.5. The van der Waals surface area contributed by atoms with Gasteiger partial charge in [0.15, 0.2) is 36.3 Å². The van der Waals surface area contributed by atoms with Gasteiger partial charge in [0.05, 0.1) is 7.11 Å². The molecule has 0 spiro atoms. The maximum Gasteiger partial charge on any atom is 0.344 e. The number of methoxy groups -OCH3 is 1. The van der Waals surface area contributed by atoms with Crippen molar-refractivity contribution in [1.29, 1.82) is 0 Å². The predicted molar refractivity (Wildman–Crippen MR) is 104 cm³/mol. The van der Waals surface area contributed by atoms with E-state index in [1.54, 1.807) is 24.3 Å². The number of hydrogen-bond acceptors (Lipinski definition) is 6. The van der Waals surface area contributed by atoms with Gasteiger partial charge in [0.25, 0.3) is 0 Å². The summed E-state index contributed by atoms with van der Waals surface area (Å²) < 4.78 is 15.5. The lowest BCUT2D eigenvalue weighted by Gasteiger charge is -2.11. The average Bonchev–Trinajstić information content (AvgIpc) is 2.71. The number of benzene rings is 2. The van der Waals surface area contributed by atoms with Gasteiger partial charge in [-0.3, -0.25) is 9.59 Å². The van der Waals surface area contributed by atoms with Gasteiger partial charge in [0, 0.05) is 11.1 Å². The number of ether oxygens (including phenoxy) is 3. The van der Waals surface area contributed by atoms with Crippen molar-refractivity contribution in [3.63, 3.8) is 0 Å². The van der Waals surface area contributed by atoms with Crippen molar-refractivity contribution in [2.45, 2.75) is 26.7 Å². The first-order valence-corrected chi connectivity index (χ1v) is 9.04. The minimum absolute atomic E-state index is 0.106. The van der Waals surface area contributed by atoms with E-state index in [2.05, 4.69) is 6.92 Å². The van der Waals surface area contributed by atoms with Gasteiger partial charge in [0.1, 0.15) is 0 Å². The Morgan fingerprint density at radius 1 is 0.893 bits per heavy atom. The highest BCUT2D eigenvalue weighted by Crippen LogP contribution is 2.28. The van der Waals surface area contributed by atoms with Gasteiger partial charge in [-0.05, 0) is 37.1 Å². The molecule has 0 amide bonds. The average molecular weight is 384 g/mol. The fourth-order valence-electron chi connectivity index (χ4n) is 2.56. The Hall–Kier alpha value is -3.15. The minimum atomic E-state index is -0.673. The Bertz CT molecular complexity index is 839. The van der Waals surface area contributed by atoms with Gasteiger partial charge in [-0.1, -0.05) is 37.6 Å². The van der Waals surface area contributed by atoms with Crippen LogP contribution in [0.2, 0.25) is 0 Å².